The molecule has 2 heterocycles. The Kier molecular flexibility index (Phi) is 3.56. The maximum absolute atomic E-state index is 11.7. The molecule has 1 N–H and O–H groups in total. The van der Waals surface area contributed by atoms with Crippen molar-refractivity contribution in [2.75, 3.05) is 25.0 Å². The van der Waals surface area contributed by atoms with Gasteiger partial charge < -0.3 is 10.2 Å². The van der Waals surface area contributed by atoms with Crippen molar-refractivity contribution in [3.05, 3.63) is 17.4 Å². The second kappa shape index (κ2) is 5.12. The zero-order valence-electron chi connectivity index (χ0n) is 8.82. The molecule has 1 amide bonds. The Hall–Kier alpha value is -1.36. The minimum absolute atomic E-state index is 0.0936. The average Bonchev–Trinajstić information content (AvgIpc) is 2.81. The van der Waals surface area contributed by atoms with E-state index < -0.39 is 0 Å². The van der Waals surface area contributed by atoms with Crippen molar-refractivity contribution in [2.24, 2.45) is 0 Å². The Morgan fingerprint density at radius 1 is 1.38 bits per heavy atom. The van der Waals surface area contributed by atoms with Gasteiger partial charge >= 0.3 is 0 Å². The van der Waals surface area contributed by atoms with Crippen molar-refractivity contribution in [1.82, 2.24) is 14.9 Å². The van der Waals surface area contributed by atoms with Gasteiger partial charge in [-0.3, -0.25) is 4.79 Å². The first-order valence-electron chi connectivity index (χ1n) is 5.25. The van der Waals surface area contributed by atoms with E-state index in [0.717, 1.165) is 25.9 Å². The van der Waals surface area contributed by atoms with Crippen LogP contribution < -0.4 is 5.32 Å². The summed E-state index contributed by atoms with van der Waals surface area (Å²) in [4.78, 5) is 21.4. The number of nitrogens with zero attached hydrogens (tertiary/aromatic N) is 3. The van der Waals surface area contributed by atoms with Crippen LogP contribution in [0.3, 0.4) is 0 Å². The molecule has 5 nitrogen and oxygen atoms in total. The lowest BCUT2D eigenvalue weighted by atomic mass is 10.4. The van der Waals surface area contributed by atoms with Gasteiger partial charge in [0.15, 0.2) is 0 Å². The zero-order chi connectivity index (χ0) is 11.4. The van der Waals surface area contributed by atoms with E-state index in [1.54, 1.807) is 0 Å². The first-order valence-corrected chi connectivity index (χ1v) is 5.63. The first kappa shape index (κ1) is 11.1. The molecule has 1 saturated heterocycles. The number of rotatable bonds is 3. The molecule has 0 atom stereocenters. The highest BCUT2D eigenvalue weighted by atomic mass is 35.5. The van der Waals surface area contributed by atoms with Crippen LogP contribution in [-0.2, 0) is 4.79 Å². The minimum Gasteiger partial charge on any atom is -0.345 e. The lowest BCUT2D eigenvalue weighted by Gasteiger charge is -2.15. The number of halogens is 1. The molecule has 0 unspecified atom stereocenters. The number of hydrogen-bond acceptors (Lipinski definition) is 4. The van der Waals surface area contributed by atoms with Gasteiger partial charge in [0.2, 0.25) is 11.9 Å². The standard InChI is InChI=1S/C10H13ClN4O/c11-8-5-12-10(13-6-8)14-7-9(16)15-3-1-2-4-15/h5-6H,1-4,7H2,(H,12,13,14). The second-order valence-electron chi connectivity index (χ2n) is 3.67. The molecule has 86 valence electrons. The van der Waals surface area contributed by atoms with Crippen molar-refractivity contribution in [2.45, 2.75) is 12.8 Å². The largest absolute Gasteiger partial charge is 0.345 e. The summed E-state index contributed by atoms with van der Waals surface area (Å²) in [5.74, 6) is 0.521. The molecule has 1 fully saturated rings. The van der Waals surface area contributed by atoms with Crippen molar-refractivity contribution >= 4 is 23.5 Å². The van der Waals surface area contributed by atoms with Crippen LogP contribution in [-0.4, -0.2) is 40.4 Å². The molecule has 1 aromatic heterocycles. The van der Waals surface area contributed by atoms with Gasteiger partial charge in [0.05, 0.1) is 24.0 Å². The van der Waals surface area contributed by atoms with Crippen molar-refractivity contribution in [3.8, 4) is 0 Å². The zero-order valence-corrected chi connectivity index (χ0v) is 9.57. The van der Waals surface area contributed by atoms with E-state index >= 15 is 0 Å². The molecule has 0 saturated carbocycles. The summed E-state index contributed by atoms with van der Waals surface area (Å²) in [6.45, 7) is 1.96. The van der Waals surface area contributed by atoms with Crippen LogP contribution in [0.25, 0.3) is 0 Å². The van der Waals surface area contributed by atoms with Gasteiger partial charge in [-0.2, -0.15) is 0 Å². The van der Waals surface area contributed by atoms with Gasteiger partial charge in [-0.1, -0.05) is 11.6 Å². The molecule has 0 aromatic carbocycles. The molecule has 0 radical (unpaired) electrons. The van der Waals surface area contributed by atoms with E-state index in [4.69, 9.17) is 11.6 Å². The highest BCUT2D eigenvalue weighted by molar-refractivity contribution is 6.30. The van der Waals surface area contributed by atoms with Gasteiger partial charge in [0.1, 0.15) is 0 Å². The van der Waals surface area contributed by atoms with E-state index in [2.05, 4.69) is 15.3 Å². The van der Waals surface area contributed by atoms with Crippen molar-refractivity contribution in [1.29, 1.82) is 0 Å². The van der Waals surface area contributed by atoms with Crippen molar-refractivity contribution < 1.29 is 4.79 Å². The Morgan fingerprint density at radius 2 is 2.00 bits per heavy atom. The molecule has 6 heteroatoms. The van der Waals surface area contributed by atoms with Crippen LogP contribution in [0.4, 0.5) is 5.95 Å². The van der Waals surface area contributed by atoms with Gasteiger partial charge in [-0.25, -0.2) is 9.97 Å². The molecule has 0 aliphatic carbocycles. The topological polar surface area (TPSA) is 58.1 Å². The fraction of sp³-hybridized carbons (Fsp3) is 0.500. The quantitative estimate of drug-likeness (QED) is 0.862. The Labute approximate surface area is 98.8 Å². The highest BCUT2D eigenvalue weighted by Gasteiger charge is 2.17. The molecule has 1 aromatic rings. The molecule has 16 heavy (non-hydrogen) atoms. The highest BCUT2D eigenvalue weighted by Crippen LogP contribution is 2.08. The van der Waals surface area contributed by atoms with Gasteiger partial charge in [-0.05, 0) is 12.8 Å². The summed E-state index contributed by atoms with van der Waals surface area (Å²) in [7, 11) is 0. The lowest BCUT2D eigenvalue weighted by Crippen LogP contribution is -2.33. The van der Waals surface area contributed by atoms with Crippen LogP contribution >= 0.6 is 11.6 Å². The maximum atomic E-state index is 11.7. The summed E-state index contributed by atoms with van der Waals surface area (Å²) in [5.41, 5.74) is 0. The third-order valence-corrected chi connectivity index (χ3v) is 2.67. The fourth-order valence-electron chi connectivity index (χ4n) is 1.64. The number of anilines is 1. The van der Waals surface area contributed by atoms with Crippen LogP contribution in [0.1, 0.15) is 12.8 Å². The van der Waals surface area contributed by atoms with Crippen LogP contribution in [0.2, 0.25) is 5.02 Å². The third-order valence-electron chi connectivity index (χ3n) is 2.48. The number of nitrogens with one attached hydrogen (secondary N) is 1. The third kappa shape index (κ3) is 2.82. The average molecular weight is 241 g/mol. The summed E-state index contributed by atoms with van der Waals surface area (Å²) in [6.07, 6.45) is 5.20. The second-order valence-corrected chi connectivity index (χ2v) is 4.10. The van der Waals surface area contributed by atoms with Gasteiger partial charge in [0, 0.05) is 13.1 Å². The summed E-state index contributed by atoms with van der Waals surface area (Å²) in [6, 6.07) is 0. The van der Waals surface area contributed by atoms with Crippen LogP contribution in [0.15, 0.2) is 12.4 Å². The SMILES string of the molecule is O=C(CNc1ncc(Cl)cn1)N1CCCC1. The molecular weight excluding hydrogens is 228 g/mol. The molecule has 2 rings (SSSR count). The Bertz CT molecular complexity index is 362. The predicted molar refractivity (Wildman–Crippen MR) is 61.3 cm³/mol. The van der Waals surface area contributed by atoms with E-state index in [-0.39, 0.29) is 12.5 Å². The lowest BCUT2D eigenvalue weighted by molar-refractivity contribution is -0.128. The van der Waals surface area contributed by atoms with E-state index in [1.165, 1.54) is 12.4 Å². The smallest absolute Gasteiger partial charge is 0.241 e. The number of likely N-dealkylation sites (tertiary alicyclic amines) is 1. The normalized spacial score (nSPS) is 15.2. The monoisotopic (exact) mass is 240 g/mol. The first-order chi connectivity index (χ1) is 7.75. The number of carbonyl (C=O) groups is 1. The van der Waals surface area contributed by atoms with Crippen LogP contribution in [0, 0.1) is 0 Å². The number of aromatic nitrogens is 2. The van der Waals surface area contributed by atoms with Crippen molar-refractivity contribution in [3.63, 3.8) is 0 Å². The molecule has 0 spiro atoms. The number of hydrogen-bond donors (Lipinski definition) is 1. The summed E-state index contributed by atoms with van der Waals surface area (Å²) in [5, 5.41) is 3.36. The maximum Gasteiger partial charge on any atom is 0.241 e. The van der Waals surface area contributed by atoms with Gasteiger partial charge in [-0.15, -0.1) is 0 Å². The molecular formula is C10H13ClN4O. The molecule has 0 bridgehead atoms. The summed E-state index contributed by atoms with van der Waals surface area (Å²) >= 11 is 5.65. The van der Waals surface area contributed by atoms with E-state index in [1.807, 2.05) is 4.90 Å². The Balaban J connectivity index is 1.82. The summed E-state index contributed by atoms with van der Waals surface area (Å²) < 4.78 is 0. The number of amides is 1. The predicted octanol–water partition coefficient (Wildman–Crippen LogP) is 1.16. The minimum atomic E-state index is 0.0936. The molecule has 1 aliphatic rings. The number of carbonyl (C=O) groups excluding carboxylic acids is 1. The van der Waals surface area contributed by atoms with E-state index in [9.17, 15) is 4.79 Å². The van der Waals surface area contributed by atoms with E-state index in [0.29, 0.717) is 11.0 Å². The van der Waals surface area contributed by atoms with Gasteiger partial charge in [0.25, 0.3) is 0 Å². The van der Waals surface area contributed by atoms with Crippen LogP contribution in [0.5, 0.6) is 0 Å². The fourth-order valence-corrected chi connectivity index (χ4v) is 1.73. The Morgan fingerprint density at radius 3 is 2.62 bits per heavy atom. The molecule has 1 aliphatic heterocycles.